The lowest BCUT2D eigenvalue weighted by Crippen LogP contribution is -2.36. The second-order valence-corrected chi connectivity index (χ2v) is 4.97. The summed E-state index contributed by atoms with van der Waals surface area (Å²) in [5, 5.41) is 9.73. The van der Waals surface area contributed by atoms with Gasteiger partial charge in [-0.05, 0) is 18.3 Å². The molecule has 1 N–H and O–H groups in total. The van der Waals surface area contributed by atoms with Crippen LogP contribution in [0.2, 0.25) is 0 Å². The van der Waals surface area contributed by atoms with Gasteiger partial charge in [-0.25, -0.2) is 0 Å². The lowest BCUT2D eigenvalue weighted by molar-refractivity contribution is -0.129. The smallest absolute Gasteiger partial charge is 0.223 e. The van der Waals surface area contributed by atoms with Crippen molar-refractivity contribution >= 4 is 5.91 Å². The van der Waals surface area contributed by atoms with E-state index in [1.54, 1.807) is 0 Å². The molecule has 2 unspecified atom stereocenters. The van der Waals surface area contributed by atoms with Crippen molar-refractivity contribution in [3.05, 3.63) is 0 Å². The van der Waals surface area contributed by atoms with Gasteiger partial charge in [0.1, 0.15) is 0 Å². The fraction of sp³-hybridized carbons (Fsp3) is 0.917. The zero-order valence-corrected chi connectivity index (χ0v) is 10.1. The van der Waals surface area contributed by atoms with E-state index in [0.29, 0.717) is 18.9 Å². The zero-order chi connectivity index (χ0) is 11.4. The monoisotopic (exact) mass is 213 g/mol. The molecule has 1 saturated heterocycles. The molecule has 0 saturated carbocycles. The maximum atomic E-state index is 11.6. The minimum absolute atomic E-state index is 0.216. The summed E-state index contributed by atoms with van der Waals surface area (Å²) in [5.74, 6) is 0.957. The van der Waals surface area contributed by atoms with Crippen molar-refractivity contribution in [1.29, 1.82) is 0 Å². The maximum Gasteiger partial charge on any atom is 0.223 e. The Hall–Kier alpha value is -0.570. The molecule has 0 aromatic rings. The van der Waals surface area contributed by atoms with Crippen LogP contribution in [0.25, 0.3) is 0 Å². The average molecular weight is 213 g/mol. The Labute approximate surface area is 92.5 Å². The van der Waals surface area contributed by atoms with E-state index in [1.165, 1.54) is 0 Å². The standard InChI is InChI=1S/C12H23NO2/c1-4-5-10-6-12(15)13(7-10)8-11(14)9(2)3/h9-11,14H,4-8H2,1-3H3. The van der Waals surface area contributed by atoms with E-state index in [2.05, 4.69) is 6.92 Å². The van der Waals surface area contributed by atoms with Gasteiger partial charge < -0.3 is 10.0 Å². The number of carbonyl (C=O) groups is 1. The van der Waals surface area contributed by atoms with Crippen LogP contribution in [0.15, 0.2) is 0 Å². The first-order chi connectivity index (χ1) is 7.04. The molecule has 0 bridgehead atoms. The van der Waals surface area contributed by atoms with Crippen molar-refractivity contribution in [1.82, 2.24) is 4.90 Å². The van der Waals surface area contributed by atoms with Gasteiger partial charge in [-0.3, -0.25) is 4.79 Å². The van der Waals surface area contributed by atoms with E-state index in [4.69, 9.17) is 0 Å². The minimum atomic E-state index is -0.380. The van der Waals surface area contributed by atoms with E-state index in [0.717, 1.165) is 19.4 Å². The van der Waals surface area contributed by atoms with Crippen LogP contribution < -0.4 is 0 Å². The molecular formula is C12H23NO2. The molecule has 1 aliphatic rings. The van der Waals surface area contributed by atoms with Crippen LogP contribution in [0.5, 0.6) is 0 Å². The SMILES string of the molecule is CCCC1CC(=O)N(CC(O)C(C)C)C1. The molecule has 3 nitrogen and oxygen atoms in total. The lowest BCUT2D eigenvalue weighted by atomic mass is 10.0. The van der Waals surface area contributed by atoms with Gasteiger partial charge in [0.05, 0.1) is 6.10 Å². The Morgan fingerprint density at radius 1 is 1.53 bits per heavy atom. The Balaban J connectivity index is 2.40. The molecule has 1 fully saturated rings. The number of hydrogen-bond donors (Lipinski definition) is 1. The number of amides is 1. The van der Waals surface area contributed by atoms with Crippen molar-refractivity contribution in [3.8, 4) is 0 Å². The Kier molecular flexibility index (Phi) is 4.58. The Morgan fingerprint density at radius 3 is 2.73 bits per heavy atom. The highest BCUT2D eigenvalue weighted by atomic mass is 16.3. The first-order valence-corrected chi connectivity index (χ1v) is 6.00. The molecule has 0 aromatic carbocycles. The molecule has 3 heteroatoms. The fourth-order valence-electron chi connectivity index (χ4n) is 2.07. The first-order valence-electron chi connectivity index (χ1n) is 6.00. The van der Waals surface area contributed by atoms with E-state index < -0.39 is 0 Å². The summed E-state index contributed by atoms with van der Waals surface area (Å²) in [6, 6.07) is 0. The van der Waals surface area contributed by atoms with Gasteiger partial charge in [0.15, 0.2) is 0 Å². The second kappa shape index (κ2) is 5.50. The first kappa shape index (κ1) is 12.5. The van der Waals surface area contributed by atoms with Crippen LogP contribution in [0.3, 0.4) is 0 Å². The Bertz CT molecular complexity index is 216. The fourth-order valence-corrected chi connectivity index (χ4v) is 2.07. The van der Waals surface area contributed by atoms with Crippen LogP contribution in [-0.4, -0.2) is 35.1 Å². The highest BCUT2D eigenvalue weighted by Gasteiger charge is 2.30. The zero-order valence-electron chi connectivity index (χ0n) is 10.1. The van der Waals surface area contributed by atoms with E-state index in [-0.39, 0.29) is 17.9 Å². The lowest BCUT2D eigenvalue weighted by Gasteiger charge is -2.22. The van der Waals surface area contributed by atoms with Gasteiger partial charge in [-0.15, -0.1) is 0 Å². The van der Waals surface area contributed by atoms with E-state index >= 15 is 0 Å². The summed E-state index contributed by atoms with van der Waals surface area (Å²) >= 11 is 0. The van der Waals surface area contributed by atoms with Gasteiger partial charge in [0, 0.05) is 19.5 Å². The number of aliphatic hydroxyl groups is 1. The van der Waals surface area contributed by atoms with Gasteiger partial charge in [-0.1, -0.05) is 27.2 Å². The number of rotatable bonds is 5. The normalized spacial score (nSPS) is 23.9. The summed E-state index contributed by atoms with van der Waals surface area (Å²) in [6.45, 7) is 7.47. The van der Waals surface area contributed by atoms with Crippen molar-refractivity contribution in [2.45, 2.75) is 46.1 Å². The van der Waals surface area contributed by atoms with E-state index in [1.807, 2.05) is 18.7 Å². The van der Waals surface area contributed by atoms with Crippen molar-refractivity contribution in [3.63, 3.8) is 0 Å². The summed E-state index contributed by atoms with van der Waals surface area (Å²) in [5.41, 5.74) is 0. The highest BCUT2D eigenvalue weighted by molar-refractivity contribution is 5.78. The molecule has 1 heterocycles. The molecular weight excluding hydrogens is 190 g/mol. The molecule has 0 spiro atoms. The van der Waals surface area contributed by atoms with Crippen LogP contribution in [-0.2, 0) is 4.79 Å². The summed E-state index contributed by atoms with van der Waals surface area (Å²) in [6.07, 6.45) is 2.56. The maximum absolute atomic E-state index is 11.6. The van der Waals surface area contributed by atoms with E-state index in [9.17, 15) is 9.90 Å². The number of hydrogen-bond acceptors (Lipinski definition) is 2. The summed E-state index contributed by atoms with van der Waals surface area (Å²) in [4.78, 5) is 13.5. The number of carbonyl (C=O) groups excluding carboxylic acids is 1. The van der Waals surface area contributed by atoms with Gasteiger partial charge >= 0.3 is 0 Å². The molecule has 2 atom stereocenters. The molecule has 0 radical (unpaired) electrons. The number of β-amino-alcohol motifs (C(OH)–C–C–N with tert-alkyl or cyclic N) is 1. The molecule has 15 heavy (non-hydrogen) atoms. The van der Waals surface area contributed by atoms with Gasteiger partial charge in [0.2, 0.25) is 5.91 Å². The number of likely N-dealkylation sites (tertiary alicyclic amines) is 1. The molecule has 1 amide bonds. The molecule has 1 aliphatic heterocycles. The third kappa shape index (κ3) is 3.49. The summed E-state index contributed by atoms with van der Waals surface area (Å²) < 4.78 is 0. The van der Waals surface area contributed by atoms with Crippen molar-refractivity contribution in [2.24, 2.45) is 11.8 Å². The average Bonchev–Trinajstić information content (AvgIpc) is 2.47. The molecule has 0 aromatic heterocycles. The van der Waals surface area contributed by atoms with Crippen LogP contribution >= 0.6 is 0 Å². The topological polar surface area (TPSA) is 40.5 Å². The van der Waals surface area contributed by atoms with Gasteiger partial charge in [0.25, 0.3) is 0 Å². The van der Waals surface area contributed by atoms with Gasteiger partial charge in [-0.2, -0.15) is 0 Å². The van der Waals surface area contributed by atoms with Crippen molar-refractivity contribution in [2.75, 3.05) is 13.1 Å². The predicted molar refractivity (Wildman–Crippen MR) is 60.4 cm³/mol. The molecule has 1 rings (SSSR count). The third-order valence-electron chi connectivity index (χ3n) is 3.17. The quantitative estimate of drug-likeness (QED) is 0.754. The predicted octanol–water partition coefficient (Wildman–Crippen LogP) is 1.65. The Morgan fingerprint density at radius 2 is 2.20 bits per heavy atom. The summed E-state index contributed by atoms with van der Waals surface area (Å²) in [7, 11) is 0. The van der Waals surface area contributed by atoms with Crippen LogP contribution in [0.4, 0.5) is 0 Å². The third-order valence-corrected chi connectivity index (χ3v) is 3.17. The van der Waals surface area contributed by atoms with Crippen molar-refractivity contribution < 1.29 is 9.90 Å². The number of aliphatic hydroxyl groups excluding tert-OH is 1. The molecule has 0 aliphatic carbocycles. The minimum Gasteiger partial charge on any atom is -0.391 e. The highest BCUT2D eigenvalue weighted by Crippen LogP contribution is 2.22. The van der Waals surface area contributed by atoms with Crippen LogP contribution in [0, 0.1) is 11.8 Å². The second-order valence-electron chi connectivity index (χ2n) is 4.97. The van der Waals surface area contributed by atoms with Crippen LogP contribution in [0.1, 0.15) is 40.0 Å². The molecule has 88 valence electrons. The number of nitrogens with zero attached hydrogens (tertiary/aromatic N) is 1. The largest absolute Gasteiger partial charge is 0.391 e.